The monoisotopic (exact) mass is 409 g/mol. The van der Waals surface area contributed by atoms with Gasteiger partial charge in [0.1, 0.15) is 0 Å². The van der Waals surface area contributed by atoms with Crippen molar-refractivity contribution in [2.24, 2.45) is 0 Å². The molecule has 0 saturated carbocycles. The number of rotatable bonds is 5. The molecule has 0 unspecified atom stereocenters. The Kier molecular flexibility index (Phi) is 5.06. The lowest BCUT2D eigenvalue weighted by Crippen LogP contribution is -2.27. The van der Waals surface area contributed by atoms with Gasteiger partial charge in [0.25, 0.3) is 5.91 Å². The zero-order valence-electron chi connectivity index (χ0n) is 18.1. The van der Waals surface area contributed by atoms with Gasteiger partial charge in [-0.25, -0.2) is 4.68 Å². The summed E-state index contributed by atoms with van der Waals surface area (Å²) in [5.74, 6) is -0.00441. The summed E-state index contributed by atoms with van der Waals surface area (Å²) in [5, 5.41) is 7.21. The number of carbonyl (C=O) groups is 1. The molecule has 0 radical (unpaired) electrons. The molecule has 0 N–H and O–H groups in total. The van der Waals surface area contributed by atoms with Crippen molar-refractivity contribution >= 4 is 16.7 Å². The second kappa shape index (κ2) is 8.03. The molecule has 0 saturated heterocycles. The molecule has 4 nitrogen and oxygen atoms in total. The number of nitrogens with zero attached hydrogens (tertiary/aromatic N) is 3. The van der Waals surface area contributed by atoms with Crippen LogP contribution in [-0.2, 0) is 25.8 Å². The standard InChI is InChI=1S/C27H27N3O/c1-3-19-12-15-23(16-13-19)30-25-10-6-9-24(25)26(28-30)27(31)29(2)18-20-11-14-21-7-4-5-8-22(21)17-20/h4-5,7-8,11-17H,3,6,9-10,18H2,1-2H3. The van der Waals surface area contributed by atoms with E-state index in [-0.39, 0.29) is 5.91 Å². The Bertz CT molecular complexity index is 1250. The number of fused-ring (bicyclic) bond motifs is 2. The minimum atomic E-state index is -0.00441. The second-order valence-electron chi connectivity index (χ2n) is 8.40. The Morgan fingerprint density at radius 1 is 0.968 bits per heavy atom. The largest absolute Gasteiger partial charge is 0.336 e. The maximum absolute atomic E-state index is 13.4. The van der Waals surface area contributed by atoms with Crippen LogP contribution in [-0.4, -0.2) is 27.6 Å². The van der Waals surface area contributed by atoms with Crippen LogP contribution in [0.2, 0.25) is 0 Å². The smallest absolute Gasteiger partial charge is 0.274 e. The van der Waals surface area contributed by atoms with E-state index >= 15 is 0 Å². The number of aryl methyl sites for hydroxylation is 1. The van der Waals surface area contributed by atoms with Crippen molar-refractivity contribution < 1.29 is 4.79 Å². The SMILES string of the molecule is CCc1ccc(-n2nc(C(=O)N(C)Cc3ccc4ccccc4c3)c3c2CCC3)cc1. The number of benzene rings is 3. The van der Waals surface area contributed by atoms with Crippen molar-refractivity contribution in [1.82, 2.24) is 14.7 Å². The third kappa shape index (κ3) is 3.63. The Hall–Kier alpha value is -3.40. The number of hydrogen-bond donors (Lipinski definition) is 0. The lowest BCUT2D eigenvalue weighted by atomic mass is 10.1. The Morgan fingerprint density at radius 2 is 1.71 bits per heavy atom. The van der Waals surface area contributed by atoms with Gasteiger partial charge in [0.05, 0.1) is 5.69 Å². The molecule has 0 aliphatic heterocycles. The molecular weight excluding hydrogens is 382 g/mol. The summed E-state index contributed by atoms with van der Waals surface area (Å²) < 4.78 is 1.98. The fourth-order valence-electron chi connectivity index (χ4n) is 4.56. The quantitative estimate of drug-likeness (QED) is 0.446. The summed E-state index contributed by atoms with van der Waals surface area (Å²) in [6.45, 7) is 2.72. The number of carbonyl (C=O) groups excluding carboxylic acids is 1. The number of aromatic nitrogens is 2. The van der Waals surface area contributed by atoms with E-state index in [2.05, 4.69) is 61.5 Å². The molecule has 1 aliphatic rings. The van der Waals surface area contributed by atoms with Crippen LogP contribution in [0.25, 0.3) is 16.5 Å². The Balaban J connectivity index is 1.43. The third-order valence-electron chi connectivity index (χ3n) is 6.30. The molecule has 31 heavy (non-hydrogen) atoms. The lowest BCUT2D eigenvalue weighted by Gasteiger charge is -2.17. The molecule has 4 aromatic rings. The van der Waals surface area contributed by atoms with E-state index < -0.39 is 0 Å². The molecule has 5 rings (SSSR count). The summed E-state index contributed by atoms with van der Waals surface area (Å²) in [4.78, 5) is 15.2. The lowest BCUT2D eigenvalue weighted by molar-refractivity contribution is 0.0778. The van der Waals surface area contributed by atoms with Crippen LogP contribution in [0.3, 0.4) is 0 Å². The number of amides is 1. The maximum atomic E-state index is 13.4. The molecule has 0 spiro atoms. The summed E-state index contributed by atoms with van der Waals surface area (Å²) in [7, 11) is 1.87. The normalized spacial score (nSPS) is 12.8. The van der Waals surface area contributed by atoms with Crippen molar-refractivity contribution in [2.75, 3.05) is 7.05 Å². The van der Waals surface area contributed by atoms with Gasteiger partial charge in [-0.1, -0.05) is 55.5 Å². The van der Waals surface area contributed by atoms with Gasteiger partial charge in [0.15, 0.2) is 5.69 Å². The van der Waals surface area contributed by atoms with Gasteiger partial charge >= 0.3 is 0 Å². The zero-order valence-corrected chi connectivity index (χ0v) is 18.1. The molecule has 0 fully saturated rings. The van der Waals surface area contributed by atoms with E-state index in [0.29, 0.717) is 12.2 Å². The van der Waals surface area contributed by atoms with Crippen LogP contribution < -0.4 is 0 Å². The predicted molar refractivity (Wildman–Crippen MR) is 125 cm³/mol. The Morgan fingerprint density at radius 3 is 2.48 bits per heavy atom. The Labute approximate surface area is 183 Å². The van der Waals surface area contributed by atoms with Gasteiger partial charge in [-0.05, 0) is 65.8 Å². The highest BCUT2D eigenvalue weighted by atomic mass is 16.2. The molecule has 4 heteroatoms. The molecule has 156 valence electrons. The minimum Gasteiger partial charge on any atom is -0.336 e. The number of hydrogen-bond acceptors (Lipinski definition) is 2. The van der Waals surface area contributed by atoms with Gasteiger partial charge in [0, 0.05) is 24.8 Å². The van der Waals surface area contributed by atoms with Gasteiger partial charge in [0.2, 0.25) is 0 Å². The first-order valence-electron chi connectivity index (χ1n) is 11.1. The zero-order chi connectivity index (χ0) is 21.4. The van der Waals surface area contributed by atoms with E-state index in [9.17, 15) is 4.79 Å². The van der Waals surface area contributed by atoms with Gasteiger partial charge in [-0.3, -0.25) is 4.79 Å². The van der Waals surface area contributed by atoms with E-state index in [1.807, 2.05) is 23.9 Å². The average Bonchev–Trinajstić information content (AvgIpc) is 3.41. The molecule has 1 aliphatic carbocycles. The molecule has 0 atom stereocenters. The average molecular weight is 410 g/mol. The highest BCUT2D eigenvalue weighted by molar-refractivity contribution is 5.94. The summed E-state index contributed by atoms with van der Waals surface area (Å²) in [6, 6.07) is 23.2. The summed E-state index contributed by atoms with van der Waals surface area (Å²) in [6.07, 6.45) is 3.99. The van der Waals surface area contributed by atoms with Crippen molar-refractivity contribution in [2.45, 2.75) is 39.2 Å². The van der Waals surface area contributed by atoms with Crippen molar-refractivity contribution in [3.8, 4) is 5.69 Å². The van der Waals surface area contributed by atoms with E-state index in [0.717, 1.165) is 42.5 Å². The first-order valence-corrected chi connectivity index (χ1v) is 11.1. The van der Waals surface area contributed by atoms with Gasteiger partial charge in [-0.2, -0.15) is 5.10 Å². The van der Waals surface area contributed by atoms with Crippen LogP contribution in [0.5, 0.6) is 0 Å². The summed E-state index contributed by atoms with van der Waals surface area (Å²) >= 11 is 0. The first-order chi connectivity index (χ1) is 15.1. The molecular formula is C27H27N3O. The fourth-order valence-corrected chi connectivity index (χ4v) is 4.56. The van der Waals surface area contributed by atoms with Crippen LogP contribution in [0.4, 0.5) is 0 Å². The third-order valence-corrected chi connectivity index (χ3v) is 6.30. The highest BCUT2D eigenvalue weighted by Crippen LogP contribution is 2.29. The van der Waals surface area contributed by atoms with Crippen LogP contribution >= 0.6 is 0 Å². The van der Waals surface area contributed by atoms with Crippen molar-refractivity contribution in [3.63, 3.8) is 0 Å². The minimum absolute atomic E-state index is 0.00441. The highest BCUT2D eigenvalue weighted by Gasteiger charge is 2.28. The van der Waals surface area contributed by atoms with Crippen molar-refractivity contribution in [1.29, 1.82) is 0 Å². The second-order valence-corrected chi connectivity index (χ2v) is 8.40. The predicted octanol–water partition coefficient (Wildman–Crippen LogP) is 5.35. The molecule has 1 amide bonds. The van der Waals surface area contributed by atoms with Crippen molar-refractivity contribution in [3.05, 3.63) is 94.8 Å². The van der Waals surface area contributed by atoms with E-state index in [1.165, 1.54) is 22.0 Å². The first kappa shape index (κ1) is 19.6. The van der Waals surface area contributed by atoms with Crippen LogP contribution in [0, 0.1) is 0 Å². The van der Waals surface area contributed by atoms with Gasteiger partial charge in [-0.15, -0.1) is 0 Å². The summed E-state index contributed by atoms with van der Waals surface area (Å²) in [5.41, 5.74) is 6.38. The topological polar surface area (TPSA) is 38.1 Å². The van der Waals surface area contributed by atoms with Gasteiger partial charge < -0.3 is 4.90 Å². The van der Waals surface area contributed by atoms with E-state index in [1.54, 1.807) is 4.90 Å². The van der Waals surface area contributed by atoms with E-state index in [4.69, 9.17) is 5.10 Å². The van der Waals surface area contributed by atoms with Crippen LogP contribution in [0.1, 0.15) is 46.2 Å². The van der Waals surface area contributed by atoms with Crippen LogP contribution in [0.15, 0.2) is 66.7 Å². The molecule has 3 aromatic carbocycles. The molecule has 1 heterocycles. The fraction of sp³-hybridized carbons (Fsp3) is 0.259. The molecule has 1 aromatic heterocycles. The molecule has 0 bridgehead atoms. The maximum Gasteiger partial charge on any atom is 0.274 e.